The van der Waals surface area contributed by atoms with Crippen LogP contribution in [0.25, 0.3) is 5.76 Å². The van der Waals surface area contributed by atoms with Crippen LogP contribution in [0.15, 0.2) is 58.6 Å². The Labute approximate surface area is 207 Å². The highest BCUT2D eigenvalue weighted by Gasteiger charge is 2.48. The predicted octanol–water partition coefficient (Wildman–Crippen LogP) is 5.45. The van der Waals surface area contributed by atoms with Gasteiger partial charge < -0.3 is 19.1 Å². The molecule has 35 heavy (non-hydrogen) atoms. The molecule has 9 heteroatoms. The number of hydrogen-bond donors (Lipinski definition) is 1. The fourth-order valence-electron chi connectivity index (χ4n) is 3.91. The Morgan fingerprint density at radius 1 is 1.14 bits per heavy atom. The molecule has 0 aliphatic carbocycles. The second-order valence-corrected chi connectivity index (χ2v) is 8.52. The Morgan fingerprint density at radius 2 is 1.89 bits per heavy atom. The van der Waals surface area contributed by atoms with E-state index in [1.165, 1.54) is 12.0 Å². The third-order valence-electron chi connectivity index (χ3n) is 5.68. The summed E-state index contributed by atoms with van der Waals surface area (Å²) in [7, 11) is 1.51. The number of carbonyl (C=O) groups is 2. The number of nitrogens with zero attached hydrogens (tertiary/aromatic N) is 2. The highest BCUT2D eigenvalue weighted by molar-refractivity contribution is 6.51. The molecular formula is C26H25ClN2O6. The molecule has 0 saturated carbocycles. The van der Waals surface area contributed by atoms with Crippen molar-refractivity contribution in [3.63, 3.8) is 0 Å². The lowest BCUT2D eigenvalue weighted by Gasteiger charge is -2.23. The fourth-order valence-corrected chi connectivity index (χ4v) is 4.04. The number of unbranched alkanes of at least 4 members (excludes halogenated alkanes) is 1. The Bertz CT molecular complexity index is 1280. The molecule has 1 unspecified atom stereocenters. The number of rotatable bonds is 8. The first kappa shape index (κ1) is 24.3. The van der Waals surface area contributed by atoms with Crippen LogP contribution in [0.3, 0.4) is 0 Å². The molecule has 1 atom stereocenters. The molecule has 8 nitrogen and oxygen atoms in total. The second kappa shape index (κ2) is 10.2. The van der Waals surface area contributed by atoms with Crippen LogP contribution in [0.1, 0.15) is 42.7 Å². The van der Waals surface area contributed by atoms with Crippen LogP contribution >= 0.6 is 11.6 Å². The summed E-state index contributed by atoms with van der Waals surface area (Å²) in [6, 6.07) is 12.1. The summed E-state index contributed by atoms with van der Waals surface area (Å²) in [4.78, 5) is 27.6. The van der Waals surface area contributed by atoms with Gasteiger partial charge in [-0.15, -0.1) is 0 Å². The van der Waals surface area contributed by atoms with Gasteiger partial charge in [-0.3, -0.25) is 14.5 Å². The van der Waals surface area contributed by atoms with Crippen molar-refractivity contribution in [2.75, 3.05) is 18.6 Å². The van der Waals surface area contributed by atoms with Gasteiger partial charge in [0.15, 0.2) is 17.3 Å². The van der Waals surface area contributed by atoms with E-state index in [1.807, 2.05) is 0 Å². The SMILES string of the molecule is CCCCOc1ccc(C2/C(=C(/O)c3ccc(Cl)cc3)C(=O)C(=O)N2c2cc(C)on2)cc1OC. The molecule has 1 aromatic heterocycles. The predicted molar refractivity (Wildman–Crippen MR) is 131 cm³/mol. The normalized spacial score (nSPS) is 17.1. The van der Waals surface area contributed by atoms with Gasteiger partial charge in [-0.05, 0) is 55.3 Å². The van der Waals surface area contributed by atoms with Crippen molar-refractivity contribution in [2.24, 2.45) is 0 Å². The molecule has 1 aliphatic heterocycles. The molecule has 1 amide bonds. The maximum absolute atomic E-state index is 13.2. The van der Waals surface area contributed by atoms with Crippen LogP contribution < -0.4 is 14.4 Å². The van der Waals surface area contributed by atoms with Crippen molar-refractivity contribution in [3.8, 4) is 11.5 Å². The number of aryl methyl sites for hydroxylation is 1. The Balaban J connectivity index is 1.87. The molecule has 1 aliphatic rings. The summed E-state index contributed by atoms with van der Waals surface area (Å²) in [5, 5.41) is 15.6. The van der Waals surface area contributed by atoms with Crippen LogP contribution in [-0.4, -0.2) is 35.7 Å². The highest BCUT2D eigenvalue weighted by Crippen LogP contribution is 2.44. The zero-order valence-corrected chi connectivity index (χ0v) is 20.3. The van der Waals surface area contributed by atoms with Gasteiger partial charge in [0.2, 0.25) is 0 Å². The van der Waals surface area contributed by atoms with E-state index in [-0.39, 0.29) is 17.2 Å². The minimum Gasteiger partial charge on any atom is -0.507 e. The monoisotopic (exact) mass is 496 g/mol. The van der Waals surface area contributed by atoms with Gasteiger partial charge in [-0.2, -0.15) is 0 Å². The number of hydrogen-bond acceptors (Lipinski definition) is 7. The number of ether oxygens (including phenoxy) is 2. The minimum atomic E-state index is -0.978. The summed E-state index contributed by atoms with van der Waals surface area (Å²) < 4.78 is 16.5. The number of carbonyl (C=O) groups excluding carboxylic acids is 2. The van der Waals surface area contributed by atoms with Crippen molar-refractivity contribution in [1.29, 1.82) is 0 Å². The first-order chi connectivity index (χ1) is 16.8. The van der Waals surface area contributed by atoms with E-state index in [0.29, 0.717) is 40.0 Å². The highest BCUT2D eigenvalue weighted by atomic mass is 35.5. The Morgan fingerprint density at radius 3 is 2.51 bits per heavy atom. The summed E-state index contributed by atoms with van der Waals surface area (Å²) >= 11 is 5.98. The van der Waals surface area contributed by atoms with E-state index in [0.717, 1.165) is 12.8 Å². The number of aliphatic hydroxyl groups excluding tert-OH is 1. The molecule has 2 heterocycles. The summed E-state index contributed by atoms with van der Waals surface area (Å²) in [5.74, 6) is -0.396. The molecular weight excluding hydrogens is 472 g/mol. The maximum Gasteiger partial charge on any atom is 0.301 e. The Hall–Kier alpha value is -3.78. The molecule has 0 radical (unpaired) electrons. The summed E-state index contributed by atoms with van der Waals surface area (Å²) in [6.45, 7) is 4.28. The third-order valence-corrected chi connectivity index (χ3v) is 5.94. The number of benzene rings is 2. The molecule has 1 N–H and O–H groups in total. The largest absolute Gasteiger partial charge is 0.507 e. The standard InChI is InChI=1S/C26H25ClN2O6/c1-4-5-12-34-19-11-8-17(14-20(19)33-3)23-22(24(30)16-6-9-18(27)10-7-16)25(31)26(32)29(23)21-13-15(2)35-28-21/h6-11,13-14,23,30H,4-5,12H2,1-3H3/b24-22-. The van der Waals surface area contributed by atoms with Crippen molar-refractivity contribution in [3.05, 3.63) is 76.0 Å². The van der Waals surface area contributed by atoms with E-state index in [9.17, 15) is 14.7 Å². The minimum absolute atomic E-state index is 0.0836. The van der Waals surface area contributed by atoms with Crippen LogP contribution in [0, 0.1) is 6.92 Å². The molecule has 182 valence electrons. The lowest BCUT2D eigenvalue weighted by Crippen LogP contribution is -2.29. The topological polar surface area (TPSA) is 102 Å². The van der Waals surface area contributed by atoms with E-state index >= 15 is 0 Å². The van der Waals surface area contributed by atoms with Crippen molar-refractivity contribution >= 4 is 34.9 Å². The number of aromatic nitrogens is 1. The number of halogens is 1. The van der Waals surface area contributed by atoms with Gasteiger partial charge in [-0.1, -0.05) is 36.2 Å². The van der Waals surface area contributed by atoms with Crippen LogP contribution in [0.2, 0.25) is 5.02 Å². The lowest BCUT2D eigenvalue weighted by atomic mass is 9.95. The first-order valence-corrected chi connectivity index (χ1v) is 11.5. The second-order valence-electron chi connectivity index (χ2n) is 8.08. The van der Waals surface area contributed by atoms with E-state index < -0.39 is 17.7 Å². The molecule has 3 aromatic rings. The van der Waals surface area contributed by atoms with E-state index in [2.05, 4.69) is 12.1 Å². The number of methoxy groups -OCH3 is 1. The van der Waals surface area contributed by atoms with Crippen molar-refractivity contribution < 1.29 is 28.7 Å². The molecule has 2 aromatic carbocycles. The van der Waals surface area contributed by atoms with E-state index in [4.69, 9.17) is 25.6 Å². The number of ketones is 1. The van der Waals surface area contributed by atoms with Crippen LogP contribution in [0.4, 0.5) is 5.82 Å². The fraction of sp³-hybridized carbons (Fsp3) is 0.269. The average Bonchev–Trinajstić information content (AvgIpc) is 3.39. The van der Waals surface area contributed by atoms with Gasteiger partial charge in [0.05, 0.1) is 25.3 Å². The van der Waals surface area contributed by atoms with Crippen molar-refractivity contribution in [2.45, 2.75) is 32.7 Å². The lowest BCUT2D eigenvalue weighted by molar-refractivity contribution is -0.132. The van der Waals surface area contributed by atoms with E-state index in [1.54, 1.807) is 55.5 Å². The first-order valence-electron chi connectivity index (χ1n) is 11.2. The molecule has 0 bridgehead atoms. The molecule has 4 rings (SSSR count). The number of Topliss-reactive ketones (excluding diaryl/α,β-unsaturated/α-hetero) is 1. The van der Waals surface area contributed by atoms with Crippen molar-refractivity contribution in [1.82, 2.24) is 5.16 Å². The zero-order valence-electron chi connectivity index (χ0n) is 19.6. The Kier molecular flexibility index (Phi) is 7.12. The molecule has 1 saturated heterocycles. The molecule has 1 fully saturated rings. The maximum atomic E-state index is 13.2. The van der Waals surface area contributed by atoms with Crippen LogP contribution in [0.5, 0.6) is 11.5 Å². The number of aliphatic hydroxyl groups is 1. The summed E-state index contributed by atoms with van der Waals surface area (Å²) in [6.07, 6.45) is 1.87. The van der Waals surface area contributed by atoms with Gasteiger partial charge in [0.1, 0.15) is 11.5 Å². The van der Waals surface area contributed by atoms with Gasteiger partial charge >= 0.3 is 5.91 Å². The average molecular weight is 497 g/mol. The van der Waals surface area contributed by atoms with Crippen LogP contribution in [-0.2, 0) is 9.59 Å². The zero-order chi connectivity index (χ0) is 25.1. The van der Waals surface area contributed by atoms with Gasteiger partial charge in [-0.25, -0.2) is 0 Å². The quantitative estimate of drug-likeness (QED) is 0.191. The third kappa shape index (κ3) is 4.74. The van der Waals surface area contributed by atoms with Gasteiger partial charge in [0, 0.05) is 16.7 Å². The van der Waals surface area contributed by atoms with Gasteiger partial charge in [0.25, 0.3) is 5.78 Å². The summed E-state index contributed by atoms with van der Waals surface area (Å²) in [5.41, 5.74) is 0.792. The molecule has 0 spiro atoms. The smallest absolute Gasteiger partial charge is 0.301 e. The number of anilines is 1. The number of amides is 1.